The summed E-state index contributed by atoms with van der Waals surface area (Å²) < 4.78 is 15.9. The lowest BCUT2D eigenvalue weighted by molar-refractivity contribution is 0.112. The molecule has 19 heavy (non-hydrogen) atoms. The SMILES string of the molecule is COc1cc(OC)cc(Oc2ccc(C=O)cn2)c1. The Bertz CT molecular complexity index is 544. The molecule has 5 heteroatoms. The monoisotopic (exact) mass is 259 g/mol. The van der Waals surface area contributed by atoms with E-state index in [4.69, 9.17) is 14.2 Å². The second-order valence-corrected chi connectivity index (χ2v) is 3.70. The molecular weight excluding hydrogens is 246 g/mol. The van der Waals surface area contributed by atoms with E-state index in [-0.39, 0.29) is 0 Å². The van der Waals surface area contributed by atoms with Crippen LogP contribution >= 0.6 is 0 Å². The molecule has 0 amide bonds. The number of aromatic nitrogens is 1. The zero-order valence-corrected chi connectivity index (χ0v) is 10.6. The van der Waals surface area contributed by atoms with Crippen LogP contribution in [0.5, 0.6) is 23.1 Å². The van der Waals surface area contributed by atoms with Crippen molar-refractivity contribution in [3.05, 3.63) is 42.1 Å². The van der Waals surface area contributed by atoms with Crippen molar-refractivity contribution in [3.8, 4) is 23.1 Å². The molecule has 0 aliphatic heterocycles. The van der Waals surface area contributed by atoms with E-state index in [2.05, 4.69) is 4.98 Å². The van der Waals surface area contributed by atoms with Crippen molar-refractivity contribution in [2.75, 3.05) is 14.2 Å². The molecule has 0 radical (unpaired) electrons. The minimum absolute atomic E-state index is 0.390. The summed E-state index contributed by atoms with van der Waals surface area (Å²) in [6, 6.07) is 8.44. The van der Waals surface area contributed by atoms with Crippen LogP contribution in [0.15, 0.2) is 36.5 Å². The van der Waals surface area contributed by atoms with Crippen LogP contribution < -0.4 is 14.2 Å². The number of ether oxygens (including phenoxy) is 3. The average molecular weight is 259 g/mol. The molecule has 0 fully saturated rings. The quantitative estimate of drug-likeness (QED) is 0.773. The first kappa shape index (κ1) is 12.9. The molecule has 0 aliphatic rings. The Morgan fingerprint density at radius 1 is 1.00 bits per heavy atom. The fraction of sp³-hybridized carbons (Fsp3) is 0.143. The van der Waals surface area contributed by atoms with Crippen molar-refractivity contribution in [1.29, 1.82) is 0 Å². The summed E-state index contributed by atoms with van der Waals surface area (Å²) in [4.78, 5) is 14.5. The number of nitrogens with zero attached hydrogens (tertiary/aromatic N) is 1. The molecule has 5 nitrogen and oxygen atoms in total. The Kier molecular flexibility index (Phi) is 3.97. The Morgan fingerprint density at radius 2 is 1.63 bits per heavy atom. The lowest BCUT2D eigenvalue weighted by Crippen LogP contribution is -1.92. The smallest absolute Gasteiger partial charge is 0.219 e. The van der Waals surface area contributed by atoms with Gasteiger partial charge in [-0.2, -0.15) is 0 Å². The van der Waals surface area contributed by atoms with Gasteiger partial charge in [-0.1, -0.05) is 0 Å². The highest BCUT2D eigenvalue weighted by atomic mass is 16.5. The molecular formula is C14H13NO4. The van der Waals surface area contributed by atoms with E-state index in [0.29, 0.717) is 28.7 Å². The molecule has 0 saturated heterocycles. The van der Waals surface area contributed by atoms with Gasteiger partial charge in [-0.15, -0.1) is 0 Å². The van der Waals surface area contributed by atoms with E-state index in [1.807, 2.05) is 0 Å². The van der Waals surface area contributed by atoms with Crippen LogP contribution in [0.2, 0.25) is 0 Å². The minimum Gasteiger partial charge on any atom is -0.496 e. The van der Waals surface area contributed by atoms with Gasteiger partial charge in [0.05, 0.1) is 14.2 Å². The minimum atomic E-state index is 0.390. The number of hydrogen-bond acceptors (Lipinski definition) is 5. The molecule has 1 heterocycles. The Balaban J connectivity index is 2.23. The maximum absolute atomic E-state index is 10.5. The van der Waals surface area contributed by atoms with Crippen LogP contribution in [0.1, 0.15) is 10.4 Å². The number of hydrogen-bond donors (Lipinski definition) is 0. The van der Waals surface area contributed by atoms with Crippen molar-refractivity contribution in [1.82, 2.24) is 4.98 Å². The largest absolute Gasteiger partial charge is 0.496 e. The summed E-state index contributed by atoms with van der Waals surface area (Å²) in [7, 11) is 3.13. The van der Waals surface area contributed by atoms with Crippen molar-refractivity contribution < 1.29 is 19.0 Å². The molecule has 1 aromatic carbocycles. The topological polar surface area (TPSA) is 57.7 Å². The lowest BCUT2D eigenvalue weighted by Gasteiger charge is -2.09. The van der Waals surface area contributed by atoms with Gasteiger partial charge in [0.1, 0.15) is 17.2 Å². The highest BCUT2D eigenvalue weighted by Crippen LogP contribution is 2.29. The molecule has 0 aliphatic carbocycles. The van der Waals surface area contributed by atoms with Gasteiger partial charge in [-0.25, -0.2) is 4.98 Å². The molecule has 0 saturated carbocycles. The normalized spacial score (nSPS) is 9.79. The van der Waals surface area contributed by atoms with Crippen LogP contribution in [-0.2, 0) is 0 Å². The highest BCUT2D eigenvalue weighted by Gasteiger charge is 2.05. The molecule has 0 unspecified atom stereocenters. The number of rotatable bonds is 5. The van der Waals surface area contributed by atoms with Crippen molar-refractivity contribution in [2.45, 2.75) is 0 Å². The second-order valence-electron chi connectivity index (χ2n) is 3.70. The third-order valence-electron chi connectivity index (χ3n) is 2.44. The fourth-order valence-corrected chi connectivity index (χ4v) is 1.48. The van der Waals surface area contributed by atoms with Crippen LogP contribution in [0.3, 0.4) is 0 Å². The molecule has 98 valence electrons. The zero-order chi connectivity index (χ0) is 13.7. The average Bonchev–Trinajstić information content (AvgIpc) is 2.47. The van der Waals surface area contributed by atoms with Crippen molar-refractivity contribution >= 4 is 6.29 Å². The number of benzene rings is 1. The first-order chi connectivity index (χ1) is 9.25. The van der Waals surface area contributed by atoms with Gasteiger partial charge in [0.2, 0.25) is 5.88 Å². The molecule has 2 aromatic rings. The number of carbonyl (C=O) groups is 1. The Labute approximate surface area is 110 Å². The van der Waals surface area contributed by atoms with Gasteiger partial charge < -0.3 is 14.2 Å². The molecule has 0 atom stereocenters. The summed E-state index contributed by atoms with van der Waals surface area (Å²) >= 11 is 0. The summed E-state index contributed by atoms with van der Waals surface area (Å²) in [5.41, 5.74) is 0.496. The maximum Gasteiger partial charge on any atom is 0.219 e. The van der Waals surface area contributed by atoms with E-state index in [1.54, 1.807) is 44.6 Å². The number of carbonyl (C=O) groups excluding carboxylic acids is 1. The third-order valence-corrected chi connectivity index (χ3v) is 2.44. The molecule has 1 aromatic heterocycles. The zero-order valence-electron chi connectivity index (χ0n) is 10.6. The predicted molar refractivity (Wildman–Crippen MR) is 69.2 cm³/mol. The van der Waals surface area contributed by atoms with Crippen molar-refractivity contribution in [2.24, 2.45) is 0 Å². The lowest BCUT2D eigenvalue weighted by atomic mass is 10.3. The van der Waals surface area contributed by atoms with Gasteiger partial charge in [0, 0.05) is 36.0 Å². The summed E-state index contributed by atoms with van der Waals surface area (Å²) in [5, 5.41) is 0. The highest BCUT2D eigenvalue weighted by molar-refractivity contribution is 5.74. The summed E-state index contributed by atoms with van der Waals surface area (Å²) in [6.07, 6.45) is 2.17. The van der Waals surface area contributed by atoms with E-state index in [9.17, 15) is 4.79 Å². The van der Waals surface area contributed by atoms with E-state index in [1.165, 1.54) is 6.20 Å². The van der Waals surface area contributed by atoms with Crippen LogP contribution in [0.4, 0.5) is 0 Å². The van der Waals surface area contributed by atoms with Gasteiger partial charge in [-0.05, 0) is 6.07 Å². The molecule has 2 rings (SSSR count). The van der Waals surface area contributed by atoms with Crippen LogP contribution in [0, 0.1) is 0 Å². The summed E-state index contributed by atoms with van der Waals surface area (Å²) in [6.45, 7) is 0. The molecule has 0 bridgehead atoms. The van der Waals surface area contributed by atoms with Gasteiger partial charge in [-0.3, -0.25) is 4.79 Å². The second kappa shape index (κ2) is 5.86. The number of pyridine rings is 1. The number of methoxy groups -OCH3 is 2. The van der Waals surface area contributed by atoms with E-state index >= 15 is 0 Å². The molecule has 0 spiro atoms. The standard InChI is InChI=1S/C14H13NO4/c1-17-11-5-12(18-2)7-13(6-11)19-14-4-3-10(9-16)8-15-14/h3-9H,1-2H3. The van der Waals surface area contributed by atoms with Gasteiger partial charge >= 0.3 is 0 Å². The maximum atomic E-state index is 10.5. The van der Waals surface area contributed by atoms with Crippen molar-refractivity contribution in [3.63, 3.8) is 0 Å². The number of aldehydes is 1. The Morgan fingerprint density at radius 3 is 2.11 bits per heavy atom. The predicted octanol–water partition coefficient (Wildman–Crippen LogP) is 2.70. The van der Waals surface area contributed by atoms with Crippen LogP contribution in [-0.4, -0.2) is 25.5 Å². The van der Waals surface area contributed by atoms with E-state index < -0.39 is 0 Å². The van der Waals surface area contributed by atoms with Gasteiger partial charge in [0.25, 0.3) is 0 Å². The third kappa shape index (κ3) is 3.22. The Hall–Kier alpha value is -2.56. The first-order valence-electron chi connectivity index (χ1n) is 5.57. The summed E-state index contributed by atoms with van der Waals surface area (Å²) in [5.74, 6) is 2.18. The first-order valence-corrected chi connectivity index (χ1v) is 5.57. The van der Waals surface area contributed by atoms with Gasteiger partial charge in [0.15, 0.2) is 6.29 Å². The van der Waals surface area contributed by atoms with E-state index in [0.717, 1.165) is 6.29 Å². The van der Waals surface area contributed by atoms with Crippen LogP contribution in [0.25, 0.3) is 0 Å². The fourth-order valence-electron chi connectivity index (χ4n) is 1.48. The molecule has 0 N–H and O–H groups in total.